The number of aromatic nitrogens is 6. The Morgan fingerprint density at radius 3 is 2.49 bits per heavy atom. The van der Waals surface area contributed by atoms with Gasteiger partial charge >= 0.3 is 0 Å². The minimum atomic E-state index is -0.704. The second-order valence-corrected chi connectivity index (χ2v) is 10.5. The molecule has 0 saturated carbocycles. The highest BCUT2D eigenvalue weighted by atomic mass is 35.5. The minimum absolute atomic E-state index is 0.398. The molecule has 11 nitrogen and oxygen atoms in total. The van der Waals surface area contributed by atoms with E-state index in [1.807, 2.05) is 17.9 Å². The lowest BCUT2D eigenvalue weighted by Crippen LogP contribution is -2.66. The summed E-state index contributed by atoms with van der Waals surface area (Å²) in [5.74, 6) is 2.06. The number of anilines is 1. The van der Waals surface area contributed by atoms with Crippen molar-refractivity contribution in [3.8, 4) is 28.8 Å². The van der Waals surface area contributed by atoms with Gasteiger partial charge in [-0.05, 0) is 25.1 Å². The van der Waals surface area contributed by atoms with Crippen molar-refractivity contribution < 1.29 is 9.47 Å². The number of halogens is 2. The zero-order valence-electron chi connectivity index (χ0n) is 22.0. The number of rotatable bonds is 7. The molecule has 1 saturated heterocycles. The first kappa shape index (κ1) is 26.7. The molecule has 1 aliphatic heterocycles. The van der Waals surface area contributed by atoms with Gasteiger partial charge in [0.1, 0.15) is 29.2 Å². The Labute approximate surface area is 244 Å². The summed E-state index contributed by atoms with van der Waals surface area (Å²) in [5.41, 5.74) is 8.80. The van der Waals surface area contributed by atoms with Gasteiger partial charge in [0.25, 0.3) is 0 Å². The van der Waals surface area contributed by atoms with Gasteiger partial charge < -0.3 is 20.1 Å². The molecule has 1 aliphatic rings. The maximum atomic E-state index is 9.97. The lowest BCUT2D eigenvalue weighted by Gasteiger charge is -2.47. The summed E-state index contributed by atoms with van der Waals surface area (Å²) in [7, 11) is 1.56. The van der Waals surface area contributed by atoms with Crippen molar-refractivity contribution in [2.24, 2.45) is 5.73 Å². The van der Waals surface area contributed by atoms with Crippen molar-refractivity contribution in [1.29, 1.82) is 5.26 Å². The largest absolute Gasteiger partial charge is 0.493 e. The van der Waals surface area contributed by atoms with Crippen molar-refractivity contribution in [1.82, 2.24) is 30.1 Å². The third-order valence-electron chi connectivity index (χ3n) is 6.96. The molecule has 13 heteroatoms. The first-order chi connectivity index (χ1) is 19.8. The molecule has 1 aromatic carbocycles. The molecule has 5 aromatic rings. The van der Waals surface area contributed by atoms with Crippen LogP contribution in [-0.4, -0.2) is 50.3 Å². The van der Waals surface area contributed by atoms with Gasteiger partial charge in [0, 0.05) is 66.7 Å². The summed E-state index contributed by atoms with van der Waals surface area (Å²) < 4.78 is 11.8. The van der Waals surface area contributed by atoms with Crippen LogP contribution in [0.3, 0.4) is 0 Å². The van der Waals surface area contributed by atoms with Gasteiger partial charge in [-0.2, -0.15) is 10.4 Å². The highest BCUT2D eigenvalue weighted by Gasteiger charge is 2.44. The third kappa shape index (κ3) is 4.76. The third-order valence-corrected chi connectivity index (χ3v) is 7.57. The Morgan fingerprint density at radius 2 is 1.80 bits per heavy atom. The van der Waals surface area contributed by atoms with E-state index >= 15 is 0 Å². The highest BCUT2D eigenvalue weighted by molar-refractivity contribution is 6.35. The molecule has 41 heavy (non-hydrogen) atoms. The van der Waals surface area contributed by atoms with Crippen LogP contribution in [0.1, 0.15) is 30.0 Å². The van der Waals surface area contributed by atoms with Gasteiger partial charge in [-0.25, -0.2) is 15.0 Å². The van der Waals surface area contributed by atoms with Crippen molar-refractivity contribution in [2.75, 3.05) is 25.1 Å². The lowest BCUT2D eigenvalue weighted by molar-refractivity contribution is 0.216. The Balaban J connectivity index is 1.31. The fourth-order valence-electron chi connectivity index (χ4n) is 4.96. The fraction of sp³-hybridized carbons (Fsp3) is 0.214. The molecule has 5 heterocycles. The van der Waals surface area contributed by atoms with Gasteiger partial charge in [-0.3, -0.25) is 10.1 Å². The van der Waals surface area contributed by atoms with E-state index in [-0.39, 0.29) is 0 Å². The van der Waals surface area contributed by atoms with Gasteiger partial charge in [-0.1, -0.05) is 23.2 Å². The number of nitrogens with one attached hydrogen (secondary N) is 1. The van der Waals surface area contributed by atoms with Crippen LogP contribution < -0.4 is 20.1 Å². The number of aromatic amines is 1. The van der Waals surface area contributed by atoms with Crippen LogP contribution >= 0.6 is 23.2 Å². The number of H-pyrrole nitrogens is 1. The van der Waals surface area contributed by atoms with Crippen molar-refractivity contribution in [3.63, 3.8) is 0 Å². The Bertz CT molecular complexity index is 1780. The molecule has 6 rings (SSSR count). The van der Waals surface area contributed by atoms with E-state index in [0.29, 0.717) is 68.7 Å². The topological polar surface area (TPSA) is 152 Å². The van der Waals surface area contributed by atoms with Crippen LogP contribution in [0, 0.1) is 11.3 Å². The van der Waals surface area contributed by atoms with Gasteiger partial charge in [-0.15, -0.1) is 0 Å². The number of hydrogen-bond acceptors (Lipinski definition) is 10. The number of nitrogens with two attached hydrogens (primary N) is 1. The number of benzene rings is 1. The molecular formula is C28H23Cl2N9O2. The van der Waals surface area contributed by atoms with Crippen molar-refractivity contribution >= 4 is 39.9 Å². The van der Waals surface area contributed by atoms with Crippen LogP contribution in [0.25, 0.3) is 22.2 Å². The quantitative estimate of drug-likeness (QED) is 0.271. The molecule has 4 aromatic heterocycles. The van der Waals surface area contributed by atoms with E-state index < -0.39 is 11.6 Å². The molecule has 0 unspecified atom stereocenters. The number of ether oxygens (including phenoxy) is 2. The van der Waals surface area contributed by atoms with E-state index in [1.165, 1.54) is 12.4 Å². The Hall–Kier alpha value is -4.50. The average molecular weight is 588 g/mol. The van der Waals surface area contributed by atoms with Gasteiger partial charge in [0.15, 0.2) is 17.3 Å². The molecule has 206 valence electrons. The van der Waals surface area contributed by atoms with E-state index in [4.69, 9.17) is 38.4 Å². The second kappa shape index (κ2) is 10.5. The molecule has 1 atom stereocenters. The predicted octanol–water partition coefficient (Wildman–Crippen LogP) is 4.81. The molecule has 0 amide bonds. The zero-order valence-corrected chi connectivity index (χ0v) is 23.5. The monoisotopic (exact) mass is 587 g/mol. The molecule has 3 N–H and O–H groups in total. The SMILES string of the molecule is COc1cc2[nH]nc(-c3cnc(N4CC(N)(c5ncccn5)C4)c(C#N)c3)c2cc1O[C@H](C)c1c(Cl)cncc1Cl. The lowest BCUT2D eigenvalue weighted by atomic mass is 9.89. The Morgan fingerprint density at radius 1 is 1.07 bits per heavy atom. The van der Waals surface area contributed by atoms with Gasteiger partial charge in [0.2, 0.25) is 0 Å². The normalized spacial score (nSPS) is 14.8. The average Bonchev–Trinajstić information content (AvgIpc) is 3.37. The number of hydrogen-bond donors (Lipinski definition) is 2. The highest BCUT2D eigenvalue weighted by Crippen LogP contribution is 2.40. The van der Waals surface area contributed by atoms with Crippen LogP contribution in [0.2, 0.25) is 10.0 Å². The fourth-order valence-corrected chi connectivity index (χ4v) is 5.63. The molecule has 0 aliphatic carbocycles. The number of pyridine rings is 2. The molecule has 0 bridgehead atoms. The number of methoxy groups -OCH3 is 1. The van der Waals surface area contributed by atoms with Crippen LogP contribution in [0.4, 0.5) is 5.82 Å². The summed E-state index contributed by atoms with van der Waals surface area (Å²) >= 11 is 12.7. The second-order valence-electron chi connectivity index (χ2n) is 9.69. The maximum Gasteiger partial charge on any atom is 0.162 e. The van der Waals surface area contributed by atoms with Crippen LogP contribution in [-0.2, 0) is 5.54 Å². The van der Waals surface area contributed by atoms with Gasteiger partial charge in [0.05, 0.1) is 28.2 Å². The minimum Gasteiger partial charge on any atom is -0.493 e. The standard InChI is InChI=1S/C28H23Cl2N9O2/c1-15(24-19(29)11-33-12-20(24)30)41-23-7-18-21(8-22(23)40-2)37-38-25(18)17-6-16(9-31)26(36-10-17)39-13-28(32,14-39)27-34-4-3-5-35-27/h3-8,10-12,15H,13-14,32H2,1-2H3,(H,37,38)/t15-/m1/s1. The molecule has 0 spiro atoms. The smallest absolute Gasteiger partial charge is 0.162 e. The van der Waals surface area contributed by atoms with E-state index in [2.05, 4.69) is 36.2 Å². The molecule has 0 radical (unpaired) electrons. The summed E-state index contributed by atoms with van der Waals surface area (Å²) in [6, 6.07) is 9.38. The number of nitrogens with zero attached hydrogens (tertiary/aromatic N) is 7. The van der Waals surface area contributed by atoms with Crippen molar-refractivity contribution in [2.45, 2.75) is 18.6 Å². The summed E-state index contributed by atoms with van der Waals surface area (Å²) in [4.78, 5) is 19.1. The summed E-state index contributed by atoms with van der Waals surface area (Å²) in [5, 5.41) is 19.1. The first-order valence-electron chi connectivity index (χ1n) is 12.5. The Kier molecular flexibility index (Phi) is 6.83. The number of fused-ring (bicyclic) bond motifs is 1. The zero-order chi connectivity index (χ0) is 28.7. The maximum absolute atomic E-state index is 9.97. The first-order valence-corrected chi connectivity index (χ1v) is 13.3. The van der Waals surface area contributed by atoms with E-state index in [1.54, 1.807) is 43.9 Å². The van der Waals surface area contributed by atoms with Crippen LogP contribution in [0.15, 0.2) is 55.2 Å². The number of nitriles is 1. The summed E-state index contributed by atoms with van der Waals surface area (Å²) in [6.45, 7) is 2.71. The predicted molar refractivity (Wildman–Crippen MR) is 154 cm³/mol. The van der Waals surface area contributed by atoms with E-state index in [0.717, 1.165) is 10.9 Å². The van der Waals surface area contributed by atoms with Crippen molar-refractivity contribution in [3.05, 3.63) is 82.2 Å². The summed E-state index contributed by atoms with van der Waals surface area (Å²) in [6.07, 6.45) is 7.55. The molecular weight excluding hydrogens is 565 g/mol. The van der Waals surface area contributed by atoms with Crippen LogP contribution in [0.5, 0.6) is 11.5 Å². The molecule has 1 fully saturated rings. The van der Waals surface area contributed by atoms with E-state index in [9.17, 15) is 5.26 Å².